The Morgan fingerprint density at radius 1 is 1.23 bits per heavy atom. The zero-order valence-electron chi connectivity index (χ0n) is 14.9. The lowest BCUT2D eigenvalue weighted by Crippen LogP contribution is -2.30. The van der Waals surface area contributed by atoms with Crippen molar-refractivity contribution in [1.29, 1.82) is 0 Å². The van der Waals surface area contributed by atoms with Gasteiger partial charge in [-0.3, -0.25) is 4.57 Å². The van der Waals surface area contributed by atoms with Crippen molar-refractivity contribution in [3.63, 3.8) is 0 Å². The number of aliphatic hydroxyl groups is 1. The van der Waals surface area contributed by atoms with Crippen molar-refractivity contribution in [2.45, 2.75) is 38.8 Å². The van der Waals surface area contributed by atoms with Gasteiger partial charge in [-0.15, -0.1) is 0 Å². The molecule has 1 heterocycles. The maximum atomic E-state index is 12.4. The maximum Gasteiger partial charge on any atom is 0.356 e. The first-order chi connectivity index (χ1) is 12.5. The van der Waals surface area contributed by atoms with Crippen molar-refractivity contribution < 1.29 is 37.7 Å². The number of benzene rings is 1. The van der Waals surface area contributed by atoms with Gasteiger partial charge >= 0.3 is 13.6 Å². The number of esters is 1. The molecule has 0 amide bonds. The molecule has 1 aromatic carbocycles. The second-order valence-corrected chi connectivity index (χ2v) is 7.57. The Morgan fingerprint density at radius 2 is 1.88 bits per heavy atom. The molecule has 0 unspecified atom stereocenters. The monoisotopic (exact) mass is 388 g/mol. The number of hydrogen-bond acceptors (Lipinski definition) is 8. The van der Waals surface area contributed by atoms with Gasteiger partial charge in [-0.1, -0.05) is 18.2 Å². The van der Waals surface area contributed by atoms with Gasteiger partial charge in [0.1, 0.15) is 12.2 Å². The highest BCUT2D eigenvalue weighted by molar-refractivity contribution is 7.53. The van der Waals surface area contributed by atoms with Crippen LogP contribution in [-0.2, 0) is 27.8 Å². The molecule has 1 fully saturated rings. The number of carbonyl (C=O) groups is 1. The molecule has 0 radical (unpaired) electrons. The van der Waals surface area contributed by atoms with Crippen LogP contribution in [0.2, 0.25) is 0 Å². The summed E-state index contributed by atoms with van der Waals surface area (Å²) in [5.74, 6) is -0.507. The van der Waals surface area contributed by atoms with E-state index in [0.717, 1.165) is 0 Å². The van der Waals surface area contributed by atoms with Gasteiger partial charge in [0, 0.05) is 6.42 Å². The van der Waals surface area contributed by atoms with Crippen molar-refractivity contribution in [2.75, 3.05) is 26.2 Å². The van der Waals surface area contributed by atoms with E-state index in [1.807, 2.05) is 0 Å². The van der Waals surface area contributed by atoms with E-state index in [9.17, 15) is 14.5 Å². The molecular formula is C17H25O8P. The molecule has 0 aliphatic carbocycles. The van der Waals surface area contributed by atoms with Crippen LogP contribution in [0.25, 0.3) is 0 Å². The molecule has 1 N–H and O–H groups in total. The Morgan fingerprint density at radius 3 is 2.46 bits per heavy atom. The fraction of sp³-hybridized carbons (Fsp3) is 0.588. The zero-order chi connectivity index (χ0) is 19.0. The van der Waals surface area contributed by atoms with Gasteiger partial charge in [0.15, 0.2) is 12.6 Å². The Bertz CT molecular complexity index is 598. The van der Waals surface area contributed by atoms with Crippen molar-refractivity contribution in [1.82, 2.24) is 0 Å². The molecule has 9 heteroatoms. The minimum Gasteiger partial charge on any atom is -0.456 e. The van der Waals surface area contributed by atoms with Gasteiger partial charge in [0.05, 0.1) is 25.4 Å². The fourth-order valence-corrected chi connectivity index (χ4v) is 3.89. The minimum absolute atomic E-state index is 0.210. The molecule has 146 valence electrons. The van der Waals surface area contributed by atoms with Crippen molar-refractivity contribution in [3.05, 3.63) is 35.9 Å². The van der Waals surface area contributed by atoms with Gasteiger partial charge in [0.25, 0.3) is 0 Å². The Balaban J connectivity index is 1.91. The van der Waals surface area contributed by atoms with Crippen LogP contribution in [0.15, 0.2) is 30.3 Å². The highest BCUT2D eigenvalue weighted by Crippen LogP contribution is 2.48. The first-order valence-electron chi connectivity index (χ1n) is 8.53. The van der Waals surface area contributed by atoms with Crippen LogP contribution in [-0.4, -0.2) is 55.7 Å². The Hall–Kier alpha value is -1.28. The van der Waals surface area contributed by atoms with E-state index < -0.39 is 32.1 Å². The quantitative estimate of drug-likeness (QED) is 0.482. The number of carbonyl (C=O) groups excluding carboxylic acids is 1. The van der Waals surface area contributed by atoms with E-state index in [1.54, 1.807) is 44.2 Å². The SMILES string of the molecule is CCOP(=O)(CO[C@@H]1C[C@H](OC(=O)c2ccccc2)[C@@H](CO)O1)OCC. The molecule has 3 atom stereocenters. The van der Waals surface area contributed by atoms with E-state index in [2.05, 4.69) is 0 Å². The third-order valence-electron chi connectivity index (χ3n) is 3.68. The van der Waals surface area contributed by atoms with Crippen molar-refractivity contribution in [3.8, 4) is 0 Å². The highest BCUT2D eigenvalue weighted by atomic mass is 31.2. The fourth-order valence-electron chi connectivity index (χ4n) is 2.53. The normalized spacial score (nSPS) is 23.1. The smallest absolute Gasteiger partial charge is 0.356 e. The number of aliphatic hydroxyl groups excluding tert-OH is 1. The molecule has 1 saturated heterocycles. The van der Waals surface area contributed by atoms with E-state index in [1.165, 1.54) is 0 Å². The summed E-state index contributed by atoms with van der Waals surface area (Å²) in [5, 5.41) is 9.46. The second-order valence-electron chi connectivity index (χ2n) is 5.57. The Labute approximate surface area is 152 Å². The third kappa shape index (κ3) is 5.87. The summed E-state index contributed by atoms with van der Waals surface area (Å²) in [6.45, 7) is 3.53. The lowest BCUT2D eigenvalue weighted by Gasteiger charge is -2.19. The lowest BCUT2D eigenvalue weighted by molar-refractivity contribution is -0.135. The van der Waals surface area contributed by atoms with E-state index in [4.69, 9.17) is 23.3 Å². The van der Waals surface area contributed by atoms with Crippen molar-refractivity contribution in [2.24, 2.45) is 0 Å². The number of ether oxygens (including phenoxy) is 3. The van der Waals surface area contributed by atoms with Crippen LogP contribution in [0.5, 0.6) is 0 Å². The van der Waals surface area contributed by atoms with Crippen LogP contribution in [0.1, 0.15) is 30.6 Å². The van der Waals surface area contributed by atoms with E-state index in [0.29, 0.717) is 5.56 Å². The predicted octanol–water partition coefficient (Wildman–Crippen LogP) is 2.56. The molecule has 26 heavy (non-hydrogen) atoms. The molecule has 0 spiro atoms. The molecular weight excluding hydrogens is 363 g/mol. The molecule has 0 bridgehead atoms. The van der Waals surface area contributed by atoms with Gasteiger partial charge in [0.2, 0.25) is 0 Å². The summed E-state index contributed by atoms with van der Waals surface area (Å²) in [6.07, 6.45) is -2.24. The van der Waals surface area contributed by atoms with Gasteiger partial charge in [-0.05, 0) is 26.0 Å². The summed E-state index contributed by atoms with van der Waals surface area (Å²) < 4.78 is 39.1. The molecule has 0 saturated carbocycles. The van der Waals surface area contributed by atoms with Crippen LogP contribution in [0.3, 0.4) is 0 Å². The van der Waals surface area contributed by atoms with Gasteiger partial charge in [-0.2, -0.15) is 0 Å². The van der Waals surface area contributed by atoms with E-state index in [-0.39, 0.29) is 32.6 Å². The molecule has 1 aliphatic heterocycles. The minimum atomic E-state index is -3.37. The lowest BCUT2D eigenvalue weighted by atomic mass is 10.2. The average Bonchev–Trinajstić information content (AvgIpc) is 3.03. The summed E-state index contributed by atoms with van der Waals surface area (Å²) in [6, 6.07) is 8.54. The van der Waals surface area contributed by atoms with Crippen LogP contribution < -0.4 is 0 Å². The largest absolute Gasteiger partial charge is 0.456 e. The predicted molar refractivity (Wildman–Crippen MR) is 92.8 cm³/mol. The summed E-state index contributed by atoms with van der Waals surface area (Å²) >= 11 is 0. The summed E-state index contributed by atoms with van der Waals surface area (Å²) in [5.41, 5.74) is 0.408. The molecule has 1 aliphatic rings. The first kappa shape index (κ1) is 21.0. The van der Waals surface area contributed by atoms with Crippen molar-refractivity contribution >= 4 is 13.6 Å². The van der Waals surface area contributed by atoms with Gasteiger partial charge in [-0.25, -0.2) is 4.79 Å². The molecule has 8 nitrogen and oxygen atoms in total. The second kappa shape index (κ2) is 10.2. The molecule has 1 aromatic rings. The first-order valence-corrected chi connectivity index (χ1v) is 10.3. The Kier molecular flexibility index (Phi) is 8.21. The average molecular weight is 388 g/mol. The molecule has 2 rings (SSSR count). The summed E-state index contributed by atoms with van der Waals surface area (Å²) in [4.78, 5) is 12.2. The van der Waals surface area contributed by atoms with E-state index >= 15 is 0 Å². The van der Waals surface area contributed by atoms with Crippen LogP contribution in [0.4, 0.5) is 0 Å². The number of rotatable bonds is 10. The zero-order valence-corrected chi connectivity index (χ0v) is 15.8. The highest BCUT2D eigenvalue weighted by Gasteiger charge is 2.39. The summed E-state index contributed by atoms with van der Waals surface area (Å²) in [7, 11) is -3.37. The number of hydrogen-bond donors (Lipinski definition) is 1. The van der Waals surface area contributed by atoms with Crippen LogP contribution in [0, 0.1) is 0 Å². The molecule has 0 aromatic heterocycles. The maximum absolute atomic E-state index is 12.4. The van der Waals surface area contributed by atoms with Gasteiger partial charge < -0.3 is 28.4 Å². The topological polar surface area (TPSA) is 101 Å². The van der Waals surface area contributed by atoms with Crippen LogP contribution >= 0.6 is 7.60 Å². The third-order valence-corrected chi connectivity index (χ3v) is 5.45. The standard InChI is InChI=1S/C17H25O8P/c1-3-22-26(20,23-4-2)12-21-16-10-14(15(11-18)24-16)25-17(19)13-8-6-5-7-9-13/h5-9,14-16,18H,3-4,10-12H2,1-2H3/t14-,15+,16-/m0/s1.